The number of hydrogen-bond acceptors (Lipinski definition) is 10. The molecule has 4 fully saturated rings. The van der Waals surface area contributed by atoms with E-state index >= 15 is 8.78 Å². The number of anilines is 2. The summed E-state index contributed by atoms with van der Waals surface area (Å²) in [7, 11) is 0. The van der Waals surface area contributed by atoms with Crippen molar-refractivity contribution in [2.45, 2.75) is 108 Å². The van der Waals surface area contributed by atoms with Crippen molar-refractivity contribution in [2.75, 3.05) is 42.9 Å². The van der Waals surface area contributed by atoms with Crippen LogP contribution in [-0.2, 0) is 15.2 Å². The number of aromatic nitrogens is 4. The number of piperazine rings is 1. The number of rotatable bonds is 8. The van der Waals surface area contributed by atoms with Crippen LogP contribution in [0.25, 0.3) is 16.4 Å². The molecule has 0 spiro atoms. The van der Waals surface area contributed by atoms with Gasteiger partial charge in [0.05, 0.1) is 40.4 Å². The fourth-order valence-corrected chi connectivity index (χ4v) is 10.4. The van der Waals surface area contributed by atoms with E-state index in [1.165, 1.54) is 22.8 Å². The number of carbonyl (C=O) groups excluding carboxylic acids is 3. The highest BCUT2D eigenvalue weighted by molar-refractivity contribution is 6.05. The minimum atomic E-state index is -1.26. The van der Waals surface area contributed by atoms with E-state index < -0.39 is 35.0 Å². The van der Waals surface area contributed by atoms with Crippen LogP contribution < -0.4 is 15.5 Å². The lowest BCUT2D eigenvalue weighted by Crippen LogP contribution is -2.59. The summed E-state index contributed by atoms with van der Waals surface area (Å²) in [5.41, 5.74) is 2.10. The van der Waals surface area contributed by atoms with Crippen molar-refractivity contribution in [2.24, 2.45) is 0 Å². The van der Waals surface area contributed by atoms with Crippen LogP contribution >= 0.6 is 0 Å². The van der Waals surface area contributed by atoms with Crippen molar-refractivity contribution in [3.05, 3.63) is 88.9 Å². The lowest BCUT2D eigenvalue weighted by Gasteiger charge is -2.49. The quantitative estimate of drug-likeness (QED) is 0.158. The average Bonchev–Trinajstić information content (AvgIpc) is 3.88. The molecule has 6 heterocycles. The number of piperidine rings is 2. The zero-order valence-electron chi connectivity index (χ0n) is 35.3. The number of nitrogens with zero attached hydrogens (tertiary/aromatic N) is 8. The summed E-state index contributed by atoms with van der Waals surface area (Å²) in [6.45, 7) is 10.0. The fourth-order valence-electron chi connectivity index (χ4n) is 10.4. The molecule has 3 aliphatic heterocycles. The number of fused-ring (bicyclic) bond motifs is 2. The van der Waals surface area contributed by atoms with Crippen LogP contribution in [-0.4, -0.2) is 103 Å². The molecule has 0 bridgehead atoms. The molecule has 16 heteroatoms. The van der Waals surface area contributed by atoms with Crippen LogP contribution in [0.5, 0.6) is 0 Å². The van der Waals surface area contributed by atoms with Crippen LogP contribution in [0.4, 0.5) is 20.2 Å². The Labute approximate surface area is 358 Å². The van der Waals surface area contributed by atoms with Gasteiger partial charge in [-0.25, -0.2) is 13.3 Å². The highest BCUT2D eigenvalue weighted by Crippen LogP contribution is 2.38. The van der Waals surface area contributed by atoms with Crippen molar-refractivity contribution < 1.29 is 28.3 Å². The van der Waals surface area contributed by atoms with Crippen molar-refractivity contribution in [3.63, 3.8) is 0 Å². The molecular formula is C46H52F2N10O4. The Balaban J connectivity index is 0.792. The molecule has 2 atom stereocenters. The number of nitriles is 1. The highest BCUT2D eigenvalue weighted by atomic mass is 19.1. The molecule has 3 aromatic heterocycles. The summed E-state index contributed by atoms with van der Waals surface area (Å²) >= 11 is 0. The van der Waals surface area contributed by atoms with Crippen molar-refractivity contribution in [1.82, 2.24) is 34.5 Å². The van der Waals surface area contributed by atoms with Gasteiger partial charge >= 0.3 is 0 Å². The van der Waals surface area contributed by atoms with E-state index in [1.54, 1.807) is 32.0 Å². The first kappa shape index (κ1) is 41.6. The van der Waals surface area contributed by atoms with Crippen LogP contribution in [0.1, 0.15) is 111 Å². The summed E-state index contributed by atoms with van der Waals surface area (Å²) < 4.78 is 34.1. The van der Waals surface area contributed by atoms with Crippen LogP contribution in [0, 0.1) is 23.0 Å². The van der Waals surface area contributed by atoms with Crippen LogP contribution in [0.3, 0.4) is 0 Å². The van der Waals surface area contributed by atoms with E-state index in [1.807, 2.05) is 23.2 Å². The third kappa shape index (κ3) is 8.05. The Morgan fingerprint density at radius 2 is 1.66 bits per heavy atom. The van der Waals surface area contributed by atoms with E-state index in [2.05, 4.69) is 43.2 Å². The molecule has 4 aliphatic rings. The Hall–Kier alpha value is -5.76. The molecular weight excluding hydrogens is 795 g/mol. The largest absolute Gasteiger partial charge is 0.386 e. The first-order chi connectivity index (χ1) is 29.7. The fraction of sp³-hybridized carbons (Fsp3) is 0.478. The maximum absolute atomic E-state index is 15.3. The molecule has 0 unspecified atom stereocenters. The van der Waals surface area contributed by atoms with E-state index in [0.717, 1.165) is 69.1 Å². The lowest BCUT2D eigenvalue weighted by atomic mass is 9.88. The summed E-state index contributed by atoms with van der Waals surface area (Å²) in [6.07, 6.45) is 9.50. The zero-order chi connectivity index (χ0) is 43.4. The number of aliphatic hydroxyl groups is 1. The van der Waals surface area contributed by atoms with Gasteiger partial charge in [0, 0.05) is 91.4 Å². The van der Waals surface area contributed by atoms with E-state index in [-0.39, 0.29) is 30.4 Å². The first-order valence-corrected chi connectivity index (χ1v) is 21.8. The van der Waals surface area contributed by atoms with Gasteiger partial charge in [-0.3, -0.25) is 34.2 Å². The Bertz CT molecular complexity index is 2570. The van der Waals surface area contributed by atoms with Gasteiger partial charge in [0.2, 0.25) is 11.8 Å². The van der Waals surface area contributed by atoms with Gasteiger partial charge in [-0.2, -0.15) is 15.5 Å². The Morgan fingerprint density at radius 1 is 0.935 bits per heavy atom. The third-order valence-electron chi connectivity index (χ3n) is 13.6. The van der Waals surface area contributed by atoms with E-state index in [4.69, 9.17) is 5.10 Å². The Kier molecular flexibility index (Phi) is 11.1. The minimum absolute atomic E-state index is 0.0592. The molecule has 1 saturated carbocycles. The number of benzene rings is 2. The van der Waals surface area contributed by atoms with Crippen LogP contribution in [0.2, 0.25) is 0 Å². The van der Waals surface area contributed by atoms with E-state index in [0.29, 0.717) is 64.9 Å². The van der Waals surface area contributed by atoms with Crippen molar-refractivity contribution in [1.29, 1.82) is 5.26 Å². The van der Waals surface area contributed by atoms with Gasteiger partial charge in [-0.05, 0) is 108 Å². The summed E-state index contributed by atoms with van der Waals surface area (Å²) in [5.74, 6) is -3.96. The summed E-state index contributed by atoms with van der Waals surface area (Å²) in [5, 5.41) is 35.7. The normalized spacial score (nSPS) is 23.5. The van der Waals surface area contributed by atoms with Gasteiger partial charge in [0.25, 0.3) is 5.91 Å². The average molecular weight is 847 g/mol. The van der Waals surface area contributed by atoms with Crippen molar-refractivity contribution >= 4 is 45.5 Å². The van der Waals surface area contributed by atoms with Gasteiger partial charge in [0.15, 0.2) is 0 Å². The molecule has 9 rings (SSSR count). The minimum Gasteiger partial charge on any atom is -0.386 e. The molecule has 324 valence electrons. The van der Waals surface area contributed by atoms with Crippen LogP contribution in [0.15, 0.2) is 54.9 Å². The number of halogens is 2. The maximum Gasteiger partial charge on any atom is 0.274 e. The second kappa shape index (κ2) is 16.5. The van der Waals surface area contributed by atoms with Crippen molar-refractivity contribution in [3.8, 4) is 6.07 Å². The molecule has 0 radical (unpaired) electrons. The molecule has 2 aromatic carbocycles. The molecule has 14 nitrogen and oxygen atoms in total. The molecule has 5 aromatic rings. The number of carbonyl (C=O) groups is 3. The Morgan fingerprint density at radius 3 is 2.34 bits per heavy atom. The van der Waals surface area contributed by atoms with Gasteiger partial charge < -0.3 is 15.3 Å². The molecule has 1 aliphatic carbocycles. The van der Waals surface area contributed by atoms with Gasteiger partial charge in [-0.1, -0.05) is 0 Å². The van der Waals surface area contributed by atoms with Gasteiger partial charge in [-0.15, -0.1) is 0 Å². The summed E-state index contributed by atoms with van der Waals surface area (Å²) in [6, 6.07) is 15.0. The standard InChI is InChI=1S/C46H52F2N10O4/c1-27-25-55(30-12-14-54(15-13-30)34-20-37(47)43(38(48)21-34)35-9-11-42(59)52-44(35)60)16-17-56(27)31-4-6-32(7-5-31)57-26-29-19-40(36(46(2,3)62)22-39(29)53-57)51-45(61)41-10-8-33-18-28(23-49)24-50-58(33)41/h8,10,18-22,24,26-27,30-32,35,62H,4-7,9,11-17,25H2,1-3H3,(H,51,61)(H,52,59,60)/t27-,31?,32?,35+/m0/s1. The SMILES string of the molecule is C[C@H]1CN(C2CCN(c3cc(F)c([C@H]4CCC(=O)NC4=O)c(F)c3)CC2)CCN1C1CCC(n2cc3cc(NC(=O)c4ccc5cc(C#N)cnn45)c(C(C)(C)O)cc3n2)CC1. The molecule has 3 saturated heterocycles. The zero-order valence-corrected chi connectivity index (χ0v) is 35.3. The number of nitrogens with one attached hydrogen (secondary N) is 2. The third-order valence-corrected chi connectivity index (χ3v) is 13.6. The topological polar surface area (TPSA) is 164 Å². The first-order valence-electron chi connectivity index (χ1n) is 21.8. The second-order valence-corrected chi connectivity index (χ2v) is 18.1. The predicted molar refractivity (Wildman–Crippen MR) is 229 cm³/mol. The smallest absolute Gasteiger partial charge is 0.274 e. The van der Waals surface area contributed by atoms with Gasteiger partial charge in [0.1, 0.15) is 23.4 Å². The molecule has 62 heavy (non-hydrogen) atoms. The second-order valence-electron chi connectivity index (χ2n) is 18.1. The maximum atomic E-state index is 15.3. The number of imide groups is 1. The lowest BCUT2D eigenvalue weighted by molar-refractivity contribution is -0.134. The predicted octanol–water partition coefficient (Wildman–Crippen LogP) is 5.99. The highest BCUT2D eigenvalue weighted by Gasteiger charge is 2.37. The monoisotopic (exact) mass is 846 g/mol. The number of hydrogen-bond donors (Lipinski definition) is 3. The number of amides is 3. The molecule has 3 amide bonds. The molecule has 3 N–H and O–H groups in total. The van der Waals surface area contributed by atoms with E-state index in [9.17, 15) is 24.8 Å². The summed E-state index contributed by atoms with van der Waals surface area (Å²) in [4.78, 5) is 44.7.